The van der Waals surface area contributed by atoms with Crippen LogP contribution in [0.2, 0.25) is 0 Å². The molecular formula is C17H16BrNO4. The Bertz CT molecular complexity index is 730. The molecule has 0 atom stereocenters. The number of halogens is 1. The van der Waals surface area contributed by atoms with Crippen molar-refractivity contribution in [2.24, 2.45) is 0 Å². The fourth-order valence-electron chi connectivity index (χ4n) is 2.01. The van der Waals surface area contributed by atoms with E-state index in [0.29, 0.717) is 17.0 Å². The molecule has 0 aromatic heterocycles. The van der Waals surface area contributed by atoms with Crippen LogP contribution in [0.15, 0.2) is 46.9 Å². The van der Waals surface area contributed by atoms with Crippen LogP contribution in [-0.2, 0) is 16.1 Å². The summed E-state index contributed by atoms with van der Waals surface area (Å²) in [4.78, 5) is 23.2. The molecule has 0 aliphatic rings. The molecule has 1 N–H and O–H groups in total. The third-order valence-electron chi connectivity index (χ3n) is 3.02. The first-order valence-corrected chi connectivity index (χ1v) is 7.66. The summed E-state index contributed by atoms with van der Waals surface area (Å²) < 4.78 is 11.4. The largest absolute Gasteiger partial charge is 0.496 e. The number of anilines is 1. The molecule has 2 rings (SSSR count). The van der Waals surface area contributed by atoms with Gasteiger partial charge in [0.2, 0.25) is 5.91 Å². The first kappa shape index (κ1) is 17.0. The highest BCUT2D eigenvalue weighted by molar-refractivity contribution is 9.10. The van der Waals surface area contributed by atoms with Gasteiger partial charge >= 0.3 is 5.97 Å². The van der Waals surface area contributed by atoms with Gasteiger partial charge in [-0.15, -0.1) is 0 Å². The Morgan fingerprint density at radius 3 is 2.65 bits per heavy atom. The van der Waals surface area contributed by atoms with Gasteiger partial charge in [-0.1, -0.05) is 22.0 Å². The van der Waals surface area contributed by atoms with E-state index in [1.807, 2.05) is 12.1 Å². The molecule has 0 spiro atoms. The molecule has 0 aliphatic carbocycles. The maximum Gasteiger partial charge on any atom is 0.338 e. The summed E-state index contributed by atoms with van der Waals surface area (Å²) >= 11 is 3.37. The molecule has 5 nitrogen and oxygen atoms in total. The molecule has 120 valence electrons. The van der Waals surface area contributed by atoms with Gasteiger partial charge in [0.05, 0.1) is 12.7 Å². The van der Waals surface area contributed by atoms with Crippen LogP contribution in [0.3, 0.4) is 0 Å². The van der Waals surface area contributed by atoms with Crippen LogP contribution in [0.5, 0.6) is 5.75 Å². The molecule has 0 aliphatic heterocycles. The van der Waals surface area contributed by atoms with Crippen molar-refractivity contribution >= 4 is 33.5 Å². The molecule has 0 heterocycles. The van der Waals surface area contributed by atoms with Crippen molar-refractivity contribution in [3.05, 3.63) is 58.1 Å². The standard InChI is InChI=1S/C17H16BrNO4/c1-11(20)19-15-5-3-4-12(9-15)17(21)23-10-13-8-14(18)6-7-16(13)22-2/h3-9H,10H2,1-2H3,(H,19,20). The van der Waals surface area contributed by atoms with E-state index >= 15 is 0 Å². The summed E-state index contributed by atoms with van der Waals surface area (Å²) in [5.74, 6) is -0.0263. The lowest BCUT2D eigenvalue weighted by molar-refractivity contribution is -0.114. The van der Waals surface area contributed by atoms with E-state index in [2.05, 4.69) is 21.2 Å². The van der Waals surface area contributed by atoms with Crippen LogP contribution >= 0.6 is 15.9 Å². The van der Waals surface area contributed by atoms with Crippen molar-refractivity contribution in [3.8, 4) is 5.75 Å². The molecule has 2 aromatic carbocycles. The second kappa shape index (κ2) is 7.78. The smallest absolute Gasteiger partial charge is 0.338 e. The first-order chi connectivity index (χ1) is 11.0. The van der Waals surface area contributed by atoms with Crippen molar-refractivity contribution in [3.63, 3.8) is 0 Å². The summed E-state index contributed by atoms with van der Waals surface area (Å²) in [5.41, 5.74) is 1.67. The van der Waals surface area contributed by atoms with Crippen molar-refractivity contribution in [1.29, 1.82) is 0 Å². The lowest BCUT2D eigenvalue weighted by Crippen LogP contribution is -2.09. The molecule has 1 amide bonds. The quantitative estimate of drug-likeness (QED) is 0.805. The van der Waals surface area contributed by atoms with Crippen molar-refractivity contribution in [2.45, 2.75) is 13.5 Å². The minimum atomic E-state index is -0.473. The average Bonchev–Trinajstić information content (AvgIpc) is 2.52. The summed E-state index contributed by atoms with van der Waals surface area (Å²) in [5, 5.41) is 2.63. The SMILES string of the molecule is COc1ccc(Br)cc1COC(=O)c1cccc(NC(C)=O)c1. The van der Waals surface area contributed by atoms with E-state index < -0.39 is 5.97 Å². The number of nitrogens with one attached hydrogen (secondary N) is 1. The Morgan fingerprint density at radius 1 is 1.17 bits per heavy atom. The maximum atomic E-state index is 12.2. The zero-order valence-corrected chi connectivity index (χ0v) is 14.3. The predicted octanol–water partition coefficient (Wildman–Crippen LogP) is 3.77. The lowest BCUT2D eigenvalue weighted by Gasteiger charge is -2.10. The Hall–Kier alpha value is -2.34. The van der Waals surface area contributed by atoms with Gasteiger partial charge in [0.25, 0.3) is 0 Å². The van der Waals surface area contributed by atoms with Gasteiger partial charge in [-0.25, -0.2) is 4.79 Å². The number of methoxy groups -OCH3 is 1. The average molecular weight is 378 g/mol. The van der Waals surface area contributed by atoms with Crippen LogP contribution in [-0.4, -0.2) is 19.0 Å². The second-order valence-corrected chi connectivity index (χ2v) is 5.71. The zero-order chi connectivity index (χ0) is 16.8. The molecule has 0 saturated heterocycles. The van der Waals surface area contributed by atoms with Crippen LogP contribution in [0.4, 0.5) is 5.69 Å². The van der Waals surface area contributed by atoms with Crippen molar-refractivity contribution < 1.29 is 19.1 Å². The lowest BCUT2D eigenvalue weighted by atomic mass is 10.2. The van der Waals surface area contributed by atoms with Crippen LogP contribution < -0.4 is 10.1 Å². The number of ether oxygens (including phenoxy) is 2. The highest BCUT2D eigenvalue weighted by Gasteiger charge is 2.11. The minimum absolute atomic E-state index is 0.0891. The van der Waals surface area contributed by atoms with Gasteiger partial charge in [0.15, 0.2) is 0 Å². The number of benzene rings is 2. The van der Waals surface area contributed by atoms with E-state index in [1.54, 1.807) is 37.4 Å². The molecule has 0 radical (unpaired) electrons. The summed E-state index contributed by atoms with van der Waals surface area (Å²) in [6.07, 6.45) is 0. The number of carbonyl (C=O) groups is 2. The summed E-state index contributed by atoms with van der Waals surface area (Å²) in [6.45, 7) is 1.50. The first-order valence-electron chi connectivity index (χ1n) is 6.87. The van der Waals surface area contributed by atoms with E-state index in [1.165, 1.54) is 6.92 Å². The van der Waals surface area contributed by atoms with E-state index in [9.17, 15) is 9.59 Å². The number of hydrogen-bond acceptors (Lipinski definition) is 4. The van der Waals surface area contributed by atoms with Gasteiger partial charge in [-0.2, -0.15) is 0 Å². The van der Waals surface area contributed by atoms with Crippen molar-refractivity contribution in [2.75, 3.05) is 12.4 Å². The fourth-order valence-corrected chi connectivity index (χ4v) is 2.42. The molecule has 0 unspecified atom stereocenters. The number of rotatable bonds is 5. The summed E-state index contributed by atoms with van der Waals surface area (Å²) in [7, 11) is 1.56. The molecule has 23 heavy (non-hydrogen) atoms. The van der Waals surface area contributed by atoms with Gasteiger partial charge in [0, 0.05) is 22.6 Å². The Labute approximate surface area is 142 Å². The molecule has 0 bridgehead atoms. The third kappa shape index (κ3) is 4.82. The molecular weight excluding hydrogens is 362 g/mol. The molecule has 2 aromatic rings. The van der Waals surface area contributed by atoms with E-state index in [4.69, 9.17) is 9.47 Å². The number of carbonyl (C=O) groups excluding carboxylic acids is 2. The topological polar surface area (TPSA) is 64.6 Å². The fraction of sp³-hybridized carbons (Fsp3) is 0.176. The Balaban J connectivity index is 2.08. The van der Waals surface area contributed by atoms with E-state index in [-0.39, 0.29) is 12.5 Å². The molecule has 0 fully saturated rings. The zero-order valence-electron chi connectivity index (χ0n) is 12.8. The van der Waals surface area contributed by atoms with Gasteiger partial charge in [-0.05, 0) is 36.4 Å². The Kier molecular flexibility index (Phi) is 5.76. The van der Waals surface area contributed by atoms with Crippen LogP contribution in [0.25, 0.3) is 0 Å². The van der Waals surface area contributed by atoms with E-state index in [0.717, 1.165) is 10.0 Å². The molecule has 6 heteroatoms. The van der Waals surface area contributed by atoms with Gasteiger partial charge < -0.3 is 14.8 Å². The third-order valence-corrected chi connectivity index (χ3v) is 3.51. The van der Waals surface area contributed by atoms with Gasteiger partial charge in [-0.3, -0.25) is 4.79 Å². The van der Waals surface area contributed by atoms with Crippen molar-refractivity contribution in [1.82, 2.24) is 0 Å². The summed E-state index contributed by atoms with van der Waals surface area (Å²) in [6, 6.07) is 12.1. The highest BCUT2D eigenvalue weighted by Crippen LogP contribution is 2.24. The second-order valence-electron chi connectivity index (χ2n) is 4.79. The minimum Gasteiger partial charge on any atom is -0.496 e. The number of amides is 1. The number of esters is 1. The highest BCUT2D eigenvalue weighted by atomic mass is 79.9. The van der Waals surface area contributed by atoms with Gasteiger partial charge in [0.1, 0.15) is 12.4 Å². The normalized spacial score (nSPS) is 10.0. The predicted molar refractivity (Wildman–Crippen MR) is 90.6 cm³/mol. The Morgan fingerprint density at radius 2 is 1.96 bits per heavy atom. The molecule has 0 saturated carbocycles. The maximum absolute atomic E-state index is 12.2. The van der Waals surface area contributed by atoms with Crippen LogP contribution in [0, 0.1) is 0 Å². The van der Waals surface area contributed by atoms with Crippen LogP contribution in [0.1, 0.15) is 22.8 Å². The monoisotopic (exact) mass is 377 g/mol. The number of hydrogen-bond donors (Lipinski definition) is 1.